The Morgan fingerprint density at radius 3 is 2.00 bits per heavy atom. The fourth-order valence-electron chi connectivity index (χ4n) is 1.83. The van der Waals surface area contributed by atoms with Crippen LogP contribution in [0.4, 0.5) is 4.79 Å². The highest BCUT2D eigenvalue weighted by atomic mass is 32.2. The van der Waals surface area contributed by atoms with E-state index >= 15 is 0 Å². The number of thioether (sulfide) groups is 1. The zero-order chi connectivity index (χ0) is 17.9. The third-order valence-electron chi connectivity index (χ3n) is 4.00. The molecule has 0 aromatic heterocycles. The summed E-state index contributed by atoms with van der Waals surface area (Å²) in [5.74, 6) is 2.54. The van der Waals surface area contributed by atoms with Gasteiger partial charge in [-0.05, 0) is 43.8 Å². The topological polar surface area (TPSA) is 61.4 Å². The first kappa shape index (κ1) is 24.8. The molecule has 2 amide bonds. The Hall–Kier alpha value is -0.420. The van der Waals surface area contributed by atoms with Gasteiger partial charge in [0.05, 0.1) is 0 Å². The van der Waals surface area contributed by atoms with Crippen molar-refractivity contribution >= 4 is 17.8 Å². The van der Waals surface area contributed by atoms with Gasteiger partial charge in [0.2, 0.25) is 0 Å². The molecule has 5 heteroatoms. The zero-order valence-electron chi connectivity index (χ0n) is 16.0. The number of urea groups is 1. The third kappa shape index (κ3) is 21.6. The predicted octanol–water partition coefficient (Wildman–Crippen LogP) is 4.28. The Morgan fingerprint density at radius 1 is 1.00 bits per heavy atom. The smallest absolute Gasteiger partial charge is 0.314 e. The first-order chi connectivity index (χ1) is 11.0. The first-order valence-electron chi connectivity index (χ1n) is 9.13. The van der Waals surface area contributed by atoms with Crippen LogP contribution >= 0.6 is 11.8 Å². The summed E-state index contributed by atoms with van der Waals surface area (Å²) in [4.78, 5) is 11.2. The van der Waals surface area contributed by atoms with Crippen LogP contribution in [0.15, 0.2) is 0 Å². The van der Waals surface area contributed by atoms with Crippen molar-refractivity contribution in [1.82, 2.24) is 10.6 Å². The second kappa shape index (κ2) is 19.6. The van der Waals surface area contributed by atoms with E-state index in [4.69, 9.17) is 5.11 Å². The molecule has 0 saturated heterocycles. The highest BCUT2D eigenvalue weighted by molar-refractivity contribution is 7.98. The minimum atomic E-state index is -0.0341. The second-order valence-electron chi connectivity index (χ2n) is 6.21. The maximum Gasteiger partial charge on any atom is 0.314 e. The highest BCUT2D eigenvalue weighted by Gasteiger charge is 2.00. The van der Waals surface area contributed by atoms with Crippen molar-refractivity contribution < 1.29 is 9.90 Å². The first-order valence-corrected chi connectivity index (χ1v) is 10.5. The molecule has 0 bridgehead atoms. The molecule has 0 aliphatic rings. The van der Waals surface area contributed by atoms with Crippen molar-refractivity contribution in [3.05, 3.63) is 0 Å². The number of aliphatic hydroxyl groups is 1. The lowest BCUT2D eigenvalue weighted by Gasteiger charge is -2.09. The monoisotopic (exact) mass is 348 g/mol. The van der Waals surface area contributed by atoms with Crippen LogP contribution in [0.3, 0.4) is 0 Å². The maximum atomic E-state index is 11.2. The molecule has 2 atom stereocenters. The minimum absolute atomic E-state index is 0.0341. The average molecular weight is 349 g/mol. The van der Waals surface area contributed by atoms with Crippen LogP contribution in [0.1, 0.15) is 66.2 Å². The van der Waals surface area contributed by atoms with Crippen LogP contribution in [0.5, 0.6) is 0 Å². The van der Waals surface area contributed by atoms with Gasteiger partial charge < -0.3 is 15.7 Å². The molecule has 140 valence electrons. The van der Waals surface area contributed by atoms with Crippen molar-refractivity contribution in [3.8, 4) is 0 Å². The quantitative estimate of drug-likeness (QED) is 0.461. The average Bonchev–Trinajstić information content (AvgIpc) is 2.57. The highest BCUT2D eigenvalue weighted by Crippen LogP contribution is 2.08. The van der Waals surface area contributed by atoms with Crippen molar-refractivity contribution in [2.24, 2.45) is 11.8 Å². The molecule has 3 N–H and O–H groups in total. The van der Waals surface area contributed by atoms with Crippen LogP contribution in [0.25, 0.3) is 0 Å². The molecule has 0 radical (unpaired) electrons. The van der Waals surface area contributed by atoms with Gasteiger partial charge in [0.1, 0.15) is 0 Å². The lowest BCUT2D eigenvalue weighted by atomic mass is 10.0. The van der Waals surface area contributed by atoms with Crippen LogP contribution in [0, 0.1) is 11.8 Å². The Morgan fingerprint density at radius 2 is 1.52 bits per heavy atom. The number of carbonyl (C=O) groups excluding carboxylic acids is 1. The normalized spacial score (nSPS) is 12.8. The van der Waals surface area contributed by atoms with E-state index in [1.807, 2.05) is 6.26 Å². The van der Waals surface area contributed by atoms with Crippen LogP contribution < -0.4 is 10.6 Å². The van der Waals surface area contributed by atoms with E-state index in [0.29, 0.717) is 6.61 Å². The van der Waals surface area contributed by atoms with Crippen LogP contribution in [-0.4, -0.2) is 42.8 Å². The summed E-state index contributed by atoms with van der Waals surface area (Å²) >= 11 is 1.74. The number of carbonyl (C=O) groups is 1. The van der Waals surface area contributed by atoms with E-state index in [2.05, 4.69) is 38.3 Å². The minimum Gasteiger partial charge on any atom is -0.396 e. The molecule has 0 fully saturated rings. The summed E-state index contributed by atoms with van der Waals surface area (Å²) in [7, 11) is 0. The molecule has 0 heterocycles. The van der Waals surface area contributed by atoms with Gasteiger partial charge in [0, 0.05) is 25.4 Å². The van der Waals surface area contributed by atoms with Gasteiger partial charge in [-0.25, -0.2) is 4.79 Å². The lowest BCUT2D eigenvalue weighted by Crippen LogP contribution is -2.37. The number of rotatable bonds is 12. The maximum absolute atomic E-state index is 11.2. The summed E-state index contributed by atoms with van der Waals surface area (Å²) in [5.41, 5.74) is 0. The van der Waals surface area contributed by atoms with Crippen molar-refractivity contribution in [2.75, 3.05) is 31.7 Å². The molecule has 0 saturated carbocycles. The van der Waals surface area contributed by atoms with E-state index in [-0.39, 0.29) is 6.03 Å². The van der Waals surface area contributed by atoms with Gasteiger partial charge >= 0.3 is 6.03 Å². The second-order valence-corrected chi connectivity index (χ2v) is 7.20. The predicted molar refractivity (Wildman–Crippen MR) is 104 cm³/mol. The number of amides is 2. The Kier molecular flexibility index (Phi) is 21.2. The molecule has 0 aromatic carbocycles. The summed E-state index contributed by atoms with van der Waals surface area (Å²) in [5, 5.41) is 14.1. The van der Waals surface area contributed by atoms with E-state index in [1.54, 1.807) is 11.8 Å². The van der Waals surface area contributed by atoms with Gasteiger partial charge in [0.25, 0.3) is 0 Å². The summed E-state index contributed by atoms with van der Waals surface area (Å²) < 4.78 is 0. The summed E-state index contributed by atoms with van der Waals surface area (Å²) in [6.07, 6.45) is 8.90. The summed E-state index contributed by atoms with van der Waals surface area (Å²) in [6, 6.07) is -0.0341. The van der Waals surface area contributed by atoms with Gasteiger partial charge in [-0.15, -0.1) is 0 Å². The molecular formula is C18H40N2O2S. The van der Waals surface area contributed by atoms with E-state index < -0.39 is 0 Å². The van der Waals surface area contributed by atoms with Gasteiger partial charge in [0.15, 0.2) is 0 Å². The van der Waals surface area contributed by atoms with E-state index in [9.17, 15) is 4.79 Å². The SMILES string of the molecule is CCC(C)CCCNC(=O)NCCSC.CCC(C)CCCO. The van der Waals surface area contributed by atoms with E-state index in [1.165, 1.54) is 25.7 Å². The number of hydrogen-bond acceptors (Lipinski definition) is 3. The molecule has 0 aliphatic heterocycles. The van der Waals surface area contributed by atoms with Crippen LogP contribution in [-0.2, 0) is 0 Å². The molecule has 0 aromatic rings. The van der Waals surface area contributed by atoms with Crippen LogP contribution in [0.2, 0.25) is 0 Å². The van der Waals surface area contributed by atoms with Gasteiger partial charge in [-0.2, -0.15) is 11.8 Å². The Bertz CT molecular complexity index is 253. The largest absolute Gasteiger partial charge is 0.396 e. The Balaban J connectivity index is 0. The van der Waals surface area contributed by atoms with Gasteiger partial charge in [-0.1, -0.05) is 40.5 Å². The molecule has 0 rings (SSSR count). The number of nitrogens with one attached hydrogen (secondary N) is 2. The molecule has 2 unspecified atom stereocenters. The fraction of sp³-hybridized carbons (Fsp3) is 0.944. The van der Waals surface area contributed by atoms with Crippen molar-refractivity contribution in [1.29, 1.82) is 0 Å². The Labute approximate surface area is 148 Å². The van der Waals surface area contributed by atoms with E-state index in [0.717, 1.165) is 43.5 Å². The molecular weight excluding hydrogens is 308 g/mol. The van der Waals surface area contributed by atoms with Crippen molar-refractivity contribution in [3.63, 3.8) is 0 Å². The standard InChI is InChI=1S/C11H24N2OS.C7H16O/c1-4-10(2)6-5-7-12-11(14)13-8-9-15-3;1-3-7(2)5-4-6-8/h10H,4-9H2,1-3H3,(H2,12,13,14);7-8H,3-6H2,1-2H3. The molecule has 23 heavy (non-hydrogen) atoms. The third-order valence-corrected chi connectivity index (χ3v) is 4.61. The zero-order valence-corrected chi connectivity index (χ0v) is 16.8. The van der Waals surface area contributed by atoms with Gasteiger partial charge in [-0.3, -0.25) is 0 Å². The molecule has 0 spiro atoms. The number of aliphatic hydroxyl groups excluding tert-OH is 1. The number of hydrogen-bond donors (Lipinski definition) is 3. The summed E-state index contributed by atoms with van der Waals surface area (Å²) in [6.45, 7) is 10.7. The fourth-order valence-corrected chi connectivity index (χ4v) is 2.14. The lowest BCUT2D eigenvalue weighted by molar-refractivity contribution is 0.241. The molecule has 4 nitrogen and oxygen atoms in total. The molecule has 0 aliphatic carbocycles. The van der Waals surface area contributed by atoms with Crippen molar-refractivity contribution in [2.45, 2.75) is 66.2 Å².